The molecule has 0 aliphatic heterocycles. The Hall–Kier alpha value is -1.97. The highest BCUT2D eigenvalue weighted by Gasteiger charge is 2.29. The van der Waals surface area contributed by atoms with Gasteiger partial charge in [-0.15, -0.1) is 0 Å². The Morgan fingerprint density at radius 1 is 1.00 bits per heavy atom. The average molecular weight is 434 g/mol. The van der Waals surface area contributed by atoms with Crippen LogP contribution in [0.1, 0.15) is 6.92 Å². The van der Waals surface area contributed by atoms with E-state index in [-0.39, 0.29) is 16.3 Å². The van der Waals surface area contributed by atoms with Crippen LogP contribution in [0.5, 0.6) is 0 Å². The van der Waals surface area contributed by atoms with Crippen molar-refractivity contribution in [1.82, 2.24) is 5.32 Å². The van der Waals surface area contributed by atoms with Crippen LogP contribution in [-0.2, 0) is 24.5 Å². The van der Waals surface area contributed by atoms with Gasteiger partial charge in [0.2, 0.25) is 5.91 Å². The smallest absolute Gasteiger partial charge is 0.238 e. The lowest BCUT2D eigenvalue weighted by Gasteiger charge is -2.13. The van der Waals surface area contributed by atoms with Crippen LogP contribution in [-0.4, -0.2) is 40.3 Å². The van der Waals surface area contributed by atoms with Gasteiger partial charge in [-0.3, -0.25) is 4.79 Å². The van der Waals surface area contributed by atoms with E-state index in [9.17, 15) is 26.0 Å². The first-order valence-electron chi connectivity index (χ1n) is 7.79. The van der Waals surface area contributed by atoms with Gasteiger partial charge in [-0.05, 0) is 55.5 Å². The molecule has 0 saturated carbocycles. The minimum absolute atomic E-state index is 0.0492. The summed E-state index contributed by atoms with van der Waals surface area (Å²) in [7, 11) is -7.68. The van der Waals surface area contributed by atoms with Crippen molar-refractivity contribution in [2.75, 3.05) is 12.3 Å². The predicted octanol–water partition coefficient (Wildman–Crippen LogP) is 2.23. The van der Waals surface area contributed by atoms with Gasteiger partial charge in [0.15, 0.2) is 19.7 Å². The molecule has 0 bridgehead atoms. The van der Waals surface area contributed by atoms with Crippen LogP contribution >= 0.6 is 11.6 Å². The standard InChI is InChI=1S/C17H17ClFNO5S2/c1-12(27(24,25)16-8-4-14(19)5-9-16)17(21)20-10-11-26(22,23)15-6-2-13(18)3-7-15/h2-9,12H,10-11H2,1H3,(H,20,21)/t12-/m0/s1. The number of hydrogen-bond donors (Lipinski definition) is 1. The second-order valence-electron chi connectivity index (χ2n) is 5.70. The molecule has 2 aromatic carbocycles. The summed E-state index contributed by atoms with van der Waals surface area (Å²) in [5.74, 6) is -1.84. The number of sulfone groups is 2. The first-order chi connectivity index (χ1) is 12.5. The topological polar surface area (TPSA) is 97.4 Å². The summed E-state index contributed by atoms with van der Waals surface area (Å²) in [4.78, 5) is 12.0. The molecule has 1 N–H and O–H groups in total. The van der Waals surface area contributed by atoms with Gasteiger partial charge in [-0.2, -0.15) is 0 Å². The van der Waals surface area contributed by atoms with E-state index < -0.39 is 42.4 Å². The minimum atomic E-state index is -4.02. The zero-order valence-electron chi connectivity index (χ0n) is 14.2. The Labute approximate surface area is 162 Å². The quantitative estimate of drug-likeness (QED) is 0.675. The molecular weight excluding hydrogens is 417 g/mol. The number of carbonyl (C=O) groups excluding carboxylic acids is 1. The highest BCUT2D eigenvalue weighted by atomic mass is 35.5. The average Bonchev–Trinajstić information content (AvgIpc) is 2.61. The maximum absolute atomic E-state index is 12.9. The Bertz CT molecular complexity index is 1020. The van der Waals surface area contributed by atoms with Gasteiger partial charge in [0, 0.05) is 11.6 Å². The molecule has 1 atom stereocenters. The molecule has 6 nitrogen and oxygen atoms in total. The zero-order valence-corrected chi connectivity index (χ0v) is 16.6. The Morgan fingerprint density at radius 2 is 1.52 bits per heavy atom. The molecular formula is C17H17ClFNO5S2. The van der Waals surface area contributed by atoms with Crippen LogP contribution in [0.4, 0.5) is 4.39 Å². The number of nitrogens with one attached hydrogen (secondary N) is 1. The third kappa shape index (κ3) is 5.27. The van der Waals surface area contributed by atoms with Crippen LogP contribution in [0.3, 0.4) is 0 Å². The van der Waals surface area contributed by atoms with E-state index >= 15 is 0 Å². The van der Waals surface area contributed by atoms with Gasteiger partial charge < -0.3 is 5.32 Å². The third-order valence-electron chi connectivity index (χ3n) is 3.82. The summed E-state index contributed by atoms with van der Waals surface area (Å²) in [5.41, 5.74) is 0. The second-order valence-corrected chi connectivity index (χ2v) is 10.5. The third-order valence-corrected chi connectivity index (χ3v) is 7.88. The number of benzene rings is 2. The number of halogens is 2. The molecule has 0 saturated heterocycles. The van der Waals surface area contributed by atoms with Gasteiger partial charge >= 0.3 is 0 Å². The molecule has 2 rings (SSSR count). The molecule has 0 aliphatic carbocycles. The first-order valence-corrected chi connectivity index (χ1v) is 11.4. The van der Waals surface area contributed by atoms with Crippen molar-refractivity contribution in [2.45, 2.75) is 22.0 Å². The fourth-order valence-electron chi connectivity index (χ4n) is 2.18. The van der Waals surface area contributed by atoms with Crippen molar-refractivity contribution in [3.63, 3.8) is 0 Å². The van der Waals surface area contributed by atoms with Gasteiger partial charge in [0.25, 0.3) is 0 Å². The second kappa shape index (κ2) is 8.37. The molecule has 0 radical (unpaired) electrons. The minimum Gasteiger partial charge on any atom is -0.354 e. The van der Waals surface area contributed by atoms with E-state index in [0.717, 1.165) is 24.3 Å². The Morgan fingerprint density at radius 3 is 2.07 bits per heavy atom. The fourth-order valence-corrected chi connectivity index (χ4v) is 4.75. The molecule has 2 aromatic rings. The summed E-state index contributed by atoms with van der Waals surface area (Å²) in [6.45, 7) is 0.925. The molecule has 27 heavy (non-hydrogen) atoms. The van der Waals surface area contributed by atoms with Crippen molar-refractivity contribution in [2.24, 2.45) is 0 Å². The van der Waals surface area contributed by atoms with E-state index in [1.807, 2.05) is 0 Å². The normalized spacial score (nSPS) is 13.1. The summed E-state index contributed by atoms with van der Waals surface area (Å²) in [5, 5.41) is 1.24. The first kappa shape index (κ1) is 21.3. The van der Waals surface area contributed by atoms with E-state index in [1.165, 1.54) is 31.2 Å². The van der Waals surface area contributed by atoms with Crippen LogP contribution in [0.15, 0.2) is 58.3 Å². The molecule has 0 fully saturated rings. The molecule has 1 amide bonds. The Kier molecular flexibility index (Phi) is 6.61. The van der Waals surface area contributed by atoms with Crippen LogP contribution in [0.2, 0.25) is 5.02 Å². The largest absolute Gasteiger partial charge is 0.354 e. The molecule has 0 unspecified atom stereocenters. The summed E-state index contributed by atoms with van der Waals surface area (Å²) in [6, 6.07) is 9.67. The lowest BCUT2D eigenvalue weighted by Crippen LogP contribution is -2.39. The molecule has 0 aromatic heterocycles. The molecule has 146 valence electrons. The van der Waals surface area contributed by atoms with Crippen molar-refractivity contribution < 1.29 is 26.0 Å². The number of amides is 1. The maximum Gasteiger partial charge on any atom is 0.238 e. The lowest BCUT2D eigenvalue weighted by molar-refractivity contribution is -0.120. The highest BCUT2D eigenvalue weighted by molar-refractivity contribution is 7.92. The molecule has 0 spiro atoms. The molecule has 10 heteroatoms. The SMILES string of the molecule is C[C@@H](C(=O)NCCS(=O)(=O)c1ccc(Cl)cc1)S(=O)(=O)c1ccc(F)cc1. The van der Waals surface area contributed by atoms with Crippen molar-refractivity contribution in [3.05, 3.63) is 59.4 Å². The summed E-state index contributed by atoms with van der Waals surface area (Å²) >= 11 is 5.71. The van der Waals surface area contributed by atoms with E-state index in [4.69, 9.17) is 11.6 Å². The summed E-state index contributed by atoms with van der Waals surface area (Å²) in [6.07, 6.45) is 0. The van der Waals surface area contributed by atoms with Gasteiger partial charge in [-0.1, -0.05) is 11.6 Å². The predicted molar refractivity (Wildman–Crippen MR) is 99.6 cm³/mol. The maximum atomic E-state index is 12.9. The van der Waals surface area contributed by atoms with Crippen molar-refractivity contribution in [1.29, 1.82) is 0 Å². The number of carbonyl (C=O) groups is 1. The van der Waals surface area contributed by atoms with Gasteiger partial charge in [0.05, 0.1) is 15.5 Å². The molecule has 0 aliphatic rings. The van der Waals surface area contributed by atoms with Gasteiger partial charge in [0.1, 0.15) is 11.1 Å². The van der Waals surface area contributed by atoms with E-state index in [0.29, 0.717) is 5.02 Å². The van der Waals surface area contributed by atoms with Crippen molar-refractivity contribution in [3.8, 4) is 0 Å². The fraction of sp³-hybridized carbons (Fsp3) is 0.235. The van der Waals surface area contributed by atoms with Crippen molar-refractivity contribution >= 4 is 37.2 Å². The van der Waals surface area contributed by atoms with Crippen LogP contribution in [0, 0.1) is 5.82 Å². The lowest BCUT2D eigenvalue weighted by atomic mass is 10.3. The van der Waals surface area contributed by atoms with E-state index in [1.54, 1.807) is 0 Å². The highest BCUT2D eigenvalue weighted by Crippen LogP contribution is 2.17. The zero-order chi connectivity index (χ0) is 20.2. The number of hydrogen-bond acceptors (Lipinski definition) is 5. The van der Waals surface area contributed by atoms with Crippen LogP contribution in [0.25, 0.3) is 0 Å². The monoisotopic (exact) mass is 433 g/mol. The summed E-state index contributed by atoms with van der Waals surface area (Å²) < 4.78 is 62.1. The van der Waals surface area contributed by atoms with E-state index in [2.05, 4.69) is 5.32 Å². The van der Waals surface area contributed by atoms with Gasteiger partial charge in [-0.25, -0.2) is 21.2 Å². The number of rotatable bonds is 7. The van der Waals surface area contributed by atoms with Crippen LogP contribution < -0.4 is 5.32 Å². The Balaban J connectivity index is 2.00. The molecule has 0 heterocycles.